The van der Waals surface area contributed by atoms with Gasteiger partial charge in [-0.25, -0.2) is 4.79 Å². The number of carbonyl (C=O) groups is 1. The van der Waals surface area contributed by atoms with Crippen LogP contribution < -0.4 is 11.5 Å². The van der Waals surface area contributed by atoms with Crippen molar-refractivity contribution < 1.29 is 9.53 Å². The summed E-state index contributed by atoms with van der Waals surface area (Å²) in [6.45, 7) is 0.867. The van der Waals surface area contributed by atoms with Gasteiger partial charge in [-0.1, -0.05) is 42.5 Å². The Bertz CT molecular complexity index is 582. The van der Waals surface area contributed by atoms with Crippen LogP contribution >= 0.6 is 0 Å². The summed E-state index contributed by atoms with van der Waals surface area (Å²) >= 11 is 0. The summed E-state index contributed by atoms with van der Waals surface area (Å²) in [4.78, 5) is 12.1. The average molecular weight is 270 g/mol. The van der Waals surface area contributed by atoms with Crippen molar-refractivity contribution in [2.75, 3.05) is 0 Å². The first kappa shape index (κ1) is 14.2. The molecule has 0 saturated carbocycles. The van der Waals surface area contributed by atoms with Crippen LogP contribution in [0.25, 0.3) is 0 Å². The minimum absolute atomic E-state index is 0.247. The number of hydrogen-bond donors (Lipinski definition) is 2. The third-order valence-electron chi connectivity index (χ3n) is 3.13. The quantitative estimate of drug-likeness (QED) is 0.814. The number of esters is 1. The van der Waals surface area contributed by atoms with Gasteiger partial charge in [-0.2, -0.15) is 0 Å². The molecular weight excluding hydrogens is 252 g/mol. The third-order valence-corrected chi connectivity index (χ3v) is 3.13. The molecule has 4 heteroatoms. The molecule has 0 unspecified atom stereocenters. The topological polar surface area (TPSA) is 78.3 Å². The second-order valence-electron chi connectivity index (χ2n) is 4.41. The zero-order chi connectivity index (χ0) is 14.4. The number of benzene rings is 2. The molecule has 0 spiro atoms. The molecule has 0 heterocycles. The smallest absolute Gasteiger partial charge is 0.338 e. The van der Waals surface area contributed by atoms with E-state index in [4.69, 9.17) is 16.2 Å². The fourth-order valence-electron chi connectivity index (χ4n) is 2.06. The molecule has 0 aliphatic heterocycles. The summed E-state index contributed by atoms with van der Waals surface area (Å²) in [6, 6.07) is 14.9. The summed E-state index contributed by atoms with van der Waals surface area (Å²) in [5.74, 6) is -0.371. The van der Waals surface area contributed by atoms with Crippen LogP contribution in [0.2, 0.25) is 0 Å². The van der Waals surface area contributed by atoms with E-state index in [9.17, 15) is 4.79 Å². The van der Waals surface area contributed by atoms with Crippen molar-refractivity contribution in [3.63, 3.8) is 0 Å². The third kappa shape index (κ3) is 3.23. The zero-order valence-electron chi connectivity index (χ0n) is 11.2. The van der Waals surface area contributed by atoms with Crippen molar-refractivity contribution >= 4 is 5.97 Å². The Kier molecular flexibility index (Phi) is 4.87. The Balaban J connectivity index is 2.13. The summed E-state index contributed by atoms with van der Waals surface area (Å²) < 4.78 is 5.32. The molecule has 104 valence electrons. The lowest BCUT2D eigenvalue weighted by atomic mass is 10.0. The molecule has 0 aliphatic carbocycles. The highest BCUT2D eigenvalue weighted by Crippen LogP contribution is 2.16. The molecule has 2 rings (SSSR count). The van der Waals surface area contributed by atoms with Gasteiger partial charge in [-0.15, -0.1) is 0 Å². The van der Waals surface area contributed by atoms with Gasteiger partial charge in [0.2, 0.25) is 0 Å². The molecule has 0 radical (unpaired) electrons. The summed E-state index contributed by atoms with van der Waals surface area (Å²) in [6.07, 6.45) is 0. The first-order valence-electron chi connectivity index (χ1n) is 6.48. The number of carbonyl (C=O) groups excluding carboxylic acids is 1. The largest absolute Gasteiger partial charge is 0.457 e. The molecule has 20 heavy (non-hydrogen) atoms. The highest BCUT2D eigenvalue weighted by atomic mass is 16.5. The van der Waals surface area contributed by atoms with E-state index in [0.717, 1.165) is 16.7 Å². The second kappa shape index (κ2) is 6.84. The molecule has 4 N–H and O–H groups in total. The van der Waals surface area contributed by atoms with E-state index in [1.807, 2.05) is 36.4 Å². The number of ether oxygens (including phenoxy) is 1. The lowest BCUT2D eigenvalue weighted by Crippen LogP contribution is -2.14. The van der Waals surface area contributed by atoms with Crippen molar-refractivity contribution in [1.29, 1.82) is 0 Å². The molecule has 0 atom stereocenters. The number of hydrogen-bond acceptors (Lipinski definition) is 4. The van der Waals surface area contributed by atoms with E-state index in [1.54, 1.807) is 12.1 Å². The highest BCUT2D eigenvalue weighted by Gasteiger charge is 2.14. The molecule has 0 amide bonds. The number of rotatable bonds is 5. The Hall–Kier alpha value is -2.17. The van der Waals surface area contributed by atoms with Gasteiger partial charge in [0.25, 0.3) is 0 Å². The van der Waals surface area contributed by atoms with E-state index < -0.39 is 0 Å². The Labute approximate surface area is 118 Å². The summed E-state index contributed by atoms with van der Waals surface area (Å²) in [5, 5.41) is 0. The van der Waals surface area contributed by atoms with Crippen LogP contribution in [-0.2, 0) is 24.4 Å². The molecule has 2 aromatic carbocycles. The van der Waals surface area contributed by atoms with E-state index in [0.29, 0.717) is 12.1 Å². The Morgan fingerprint density at radius 2 is 1.70 bits per heavy atom. The average Bonchev–Trinajstić information content (AvgIpc) is 2.52. The fraction of sp³-hybridized carbons (Fsp3) is 0.188. The molecule has 4 nitrogen and oxygen atoms in total. The van der Waals surface area contributed by atoms with Gasteiger partial charge in [-0.3, -0.25) is 0 Å². The zero-order valence-corrected chi connectivity index (χ0v) is 11.2. The predicted molar refractivity (Wildman–Crippen MR) is 77.8 cm³/mol. The van der Waals surface area contributed by atoms with E-state index in [-0.39, 0.29) is 19.1 Å². The van der Waals surface area contributed by atoms with Crippen molar-refractivity contribution in [1.82, 2.24) is 0 Å². The van der Waals surface area contributed by atoms with Crippen molar-refractivity contribution in [3.8, 4) is 0 Å². The Morgan fingerprint density at radius 3 is 2.35 bits per heavy atom. The second-order valence-corrected chi connectivity index (χ2v) is 4.41. The highest BCUT2D eigenvalue weighted by molar-refractivity contribution is 5.91. The van der Waals surface area contributed by atoms with E-state index in [1.165, 1.54) is 0 Å². The lowest BCUT2D eigenvalue weighted by Gasteiger charge is -2.12. The molecule has 0 aromatic heterocycles. The van der Waals surface area contributed by atoms with Crippen LogP contribution in [0.5, 0.6) is 0 Å². The minimum Gasteiger partial charge on any atom is -0.457 e. The molecular formula is C16H18N2O2. The molecule has 0 aliphatic rings. The standard InChI is InChI=1S/C16H18N2O2/c17-9-13-7-4-8-14(15(13)10-18)16(19)20-11-12-5-2-1-3-6-12/h1-8H,9-11,17-18H2. The maximum absolute atomic E-state index is 12.1. The van der Waals surface area contributed by atoms with Gasteiger partial charge in [-0.05, 0) is 22.8 Å². The fourth-order valence-corrected chi connectivity index (χ4v) is 2.06. The lowest BCUT2D eigenvalue weighted by molar-refractivity contribution is 0.0471. The summed E-state index contributed by atoms with van der Waals surface area (Å²) in [7, 11) is 0. The van der Waals surface area contributed by atoms with Crippen LogP contribution in [0.15, 0.2) is 48.5 Å². The number of nitrogens with two attached hydrogens (primary N) is 2. The van der Waals surface area contributed by atoms with Crippen LogP contribution in [0.3, 0.4) is 0 Å². The van der Waals surface area contributed by atoms with Crippen LogP contribution in [0.4, 0.5) is 0 Å². The minimum atomic E-state index is -0.371. The van der Waals surface area contributed by atoms with Gasteiger partial charge in [0, 0.05) is 13.1 Å². The van der Waals surface area contributed by atoms with E-state index in [2.05, 4.69) is 0 Å². The SMILES string of the molecule is NCc1cccc(C(=O)OCc2ccccc2)c1CN. The first-order valence-corrected chi connectivity index (χ1v) is 6.48. The monoisotopic (exact) mass is 270 g/mol. The maximum atomic E-state index is 12.1. The van der Waals surface area contributed by atoms with Gasteiger partial charge in [0.15, 0.2) is 0 Å². The normalized spacial score (nSPS) is 10.3. The van der Waals surface area contributed by atoms with Crippen molar-refractivity contribution in [2.45, 2.75) is 19.7 Å². The molecule has 0 bridgehead atoms. The predicted octanol–water partition coefficient (Wildman–Crippen LogP) is 1.96. The maximum Gasteiger partial charge on any atom is 0.338 e. The van der Waals surface area contributed by atoms with Gasteiger partial charge in [0.1, 0.15) is 6.61 Å². The summed E-state index contributed by atoms with van der Waals surface area (Å²) in [5.41, 5.74) is 14.4. The molecule has 0 saturated heterocycles. The van der Waals surface area contributed by atoms with Crippen LogP contribution in [0.1, 0.15) is 27.0 Å². The Morgan fingerprint density at radius 1 is 0.950 bits per heavy atom. The van der Waals surface area contributed by atoms with E-state index >= 15 is 0 Å². The van der Waals surface area contributed by atoms with Gasteiger partial charge < -0.3 is 16.2 Å². The van der Waals surface area contributed by atoms with Crippen molar-refractivity contribution in [2.24, 2.45) is 11.5 Å². The van der Waals surface area contributed by atoms with Gasteiger partial charge in [0.05, 0.1) is 5.56 Å². The van der Waals surface area contributed by atoms with Gasteiger partial charge >= 0.3 is 5.97 Å². The van der Waals surface area contributed by atoms with Crippen LogP contribution in [0, 0.1) is 0 Å². The first-order chi connectivity index (χ1) is 9.76. The molecule has 2 aromatic rings. The molecule has 0 fully saturated rings. The van der Waals surface area contributed by atoms with Crippen LogP contribution in [-0.4, -0.2) is 5.97 Å². The van der Waals surface area contributed by atoms with Crippen molar-refractivity contribution in [3.05, 3.63) is 70.8 Å².